The van der Waals surface area contributed by atoms with Crippen LogP contribution >= 0.6 is 0 Å². The van der Waals surface area contributed by atoms with Gasteiger partial charge < -0.3 is 9.47 Å². The maximum absolute atomic E-state index is 12.3. The van der Waals surface area contributed by atoms with Crippen molar-refractivity contribution in [3.63, 3.8) is 0 Å². The third kappa shape index (κ3) is 6.14. The van der Waals surface area contributed by atoms with E-state index >= 15 is 0 Å². The molecule has 0 atom stereocenters. The summed E-state index contributed by atoms with van der Waals surface area (Å²) >= 11 is 0. The summed E-state index contributed by atoms with van der Waals surface area (Å²) in [6, 6.07) is 12.9. The van der Waals surface area contributed by atoms with Gasteiger partial charge in [-0.3, -0.25) is 4.79 Å². The lowest BCUT2D eigenvalue weighted by atomic mass is 10.1. The van der Waals surface area contributed by atoms with Gasteiger partial charge in [-0.1, -0.05) is 37.6 Å². The highest BCUT2D eigenvalue weighted by molar-refractivity contribution is 7.88. The van der Waals surface area contributed by atoms with Crippen molar-refractivity contribution in [2.75, 3.05) is 13.2 Å². The SMILES string of the molecule is CCCCOC(=O)c1ccc(COC(=O)c2ccc(CN3CC(=O)NS3(=O)=O)cc2)cc1. The lowest BCUT2D eigenvalue weighted by molar-refractivity contribution is -0.118. The fourth-order valence-corrected chi connectivity index (χ4v) is 4.03. The van der Waals surface area contributed by atoms with E-state index in [0.717, 1.165) is 22.7 Å². The molecule has 9 nitrogen and oxygen atoms in total. The van der Waals surface area contributed by atoms with Gasteiger partial charge in [-0.2, -0.15) is 12.7 Å². The van der Waals surface area contributed by atoms with Crippen LogP contribution in [-0.4, -0.2) is 43.7 Å². The van der Waals surface area contributed by atoms with E-state index in [9.17, 15) is 22.8 Å². The number of esters is 2. The molecule has 0 unspecified atom stereocenters. The summed E-state index contributed by atoms with van der Waals surface area (Å²) in [7, 11) is -3.80. The van der Waals surface area contributed by atoms with Gasteiger partial charge in [0, 0.05) is 6.54 Å². The number of unbranched alkanes of at least 4 members (excludes halogenated alkanes) is 1. The predicted molar refractivity (Wildman–Crippen MR) is 115 cm³/mol. The molecule has 32 heavy (non-hydrogen) atoms. The third-order valence-electron chi connectivity index (χ3n) is 4.74. The molecule has 1 saturated heterocycles. The Morgan fingerprint density at radius 1 is 0.938 bits per heavy atom. The van der Waals surface area contributed by atoms with Crippen LogP contribution < -0.4 is 4.72 Å². The second kappa shape index (κ2) is 10.4. The number of hydrogen-bond donors (Lipinski definition) is 1. The van der Waals surface area contributed by atoms with Gasteiger partial charge >= 0.3 is 22.1 Å². The number of ether oxygens (including phenoxy) is 2. The van der Waals surface area contributed by atoms with Crippen LogP contribution in [0, 0.1) is 0 Å². The number of benzene rings is 2. The highest BCUT2D eigenvalue weighted by atomic mass is 32.2. The first-order chi connectivity index (χ1) is 15.3. The number of rotatable bonds is 9. The maximum Gasteiger partial charge on any atom is 0.338 e. The molecule has 1 N–H and O–H groups in total. The van der Waals surface area contributed by atoms with Crippen LogP contribution in [0.1, 0.15) is 51.6 Å². The molecule has 2 aromatic rings. The molecule has 0 saturated carbocycles. The Morgan fingerprint density at radius 3 is 2.03 bits per heavy atom. The molecule has 1 heterocycles. The van der Waals surface area contributed by atoms with Gasteiger partial charge in [-0.15, -0.1) is 0 Å². The van der Waals surface area contributed by atoms with Gasteiger partial charge in [0.15, 0.2) is 0 Å². The zero-order valence-electron chi connectivity index (χ0n) is 17.6. The molecular weight excluding hydrogens is 436 g/mol. The fourth-order valence-electron chi connectivity index (χ4n) is 2.94. The Morgan fingerprint density at radius 2 is 1.50 bits per heavy atom. The van der Waals surface area contributed by atoms with Crippen LogP contribution in [0.2, 0.25) is 0 Å². The Hall–Kier alpha value is -3.24. The number of carbonyl (C=O) groups is 3. The van der Waals surface area contributed by atoms with Crippen LogP contribution in [0.3, 0.4) is 0 Å². The van der Waals surface area contributed by atoms with Gasteiger partial charge in [-0.25, -0.2) is 14.3 Å². The van der Waals surface area contributed by atoms with Crippen LogP contribution in [0.5, 0.6) is 0 Å². The molecule has 0 spiro atoms. The molecule has 0 aromatic heterocycles. The Balaban J connectivity index is 1.51. The minimum atomic E-state index is -3.80. The molecule has 0 radical (unpaired) electrons. The summed E-state index contributed by atoms with van der Waals surface area (Å²) in [5.41, 5.74) is 2.09. The summed E-state index contributed by atoms with van der Waals surface area (Å²) in [5, 5.41) is 0. The van der Waals surface area contributed by atoms with E-state index in [-0.39, 0.29) is 25.7 Å². The normalized spacial score (nSPS) is 15.2. The second-order valence-electron chi connectivity index (χ2n) is 7.26. The van der Waals surface area contributed by atoms with E-state index < -0.39 is 22.1 Å². The van der Waals surface area contributed by atoms with Crippen molar-refractivity contribution in [3.8, 4) is 0 Å². The molecule has 2 aromatic carbocycles. The number of amides is 1. The maximum atomic E-state index is 12.3. The molecule has 1 amide bonds. The highest BCUT2D eigenvalue weighted by Gasteiger charge is 2.33. The van der Waals surface area contributed by atoms with Gasteiger partial charge in [-0.05, 0) is 41.8 Å². The molecule has 1 aliphatic rings. The van der Waals surface area contributed by atoms with E-state index in [4.69, 9.17) is 9.47 Å². The summed E-state index contributed by atoms with van der Waals surface area (Å²) in [4.78, 5) is 35.5. The summed E-state index contributed by atoms with van der Waals surface area (Å²) in [6.07, 6.45) is 1.76. The summed E-state index contributed by atoms with van der Waals surface area (Å²) < 4.78 is 36.9. The number of nitrogens with zero attached hydrogens (tertiary/aromatic N) is 1. The van der Waals surface area contributed by atoms with Crippen LogP contribution in [0.4, 0.5) is 0 Å². The van der Waals surface area contributed by atoms with Crippen LogP contribution in [0.25, 0.3) is 0 Å². The van der Waals surface area contributed by atoms with Crippen LogP contribution in [0.15, 0.2) is 48.5 Å². The second-order valence-corrected chi connectivity index (χ2v) is 8.93. The average Bonchev–Trinajstić information content (AvgIpc) is 3.03. The smallest absolute Gasteiger partial charge is 0.338 e. The Bertz CT molecular complexity index is 1080. The molecule has 170 valence electrons. The Labute approximate surface area is 186 Å². The fraction of sp³-hybridized carbons (Fsp3) is 0.318. The van der Waals surface area contributed by atoms with E-state index in [1.54, 1.807) is 36.4 Å². The van der Waals surface area contributed by atoms with Gasteiger partial charge in [0.25, 0.3) is 0 Å². The van der Waals surface area contributed by atoms with Crippen molar-refractivity contribution in [1.29, 1.82) is 0 Å². The standard InChI is InChI=1S/C22H24N2O7S/c1-2-3-12-30-21(26)18-10-6-17(7-11-18)15-31-22(27)19-8-4-16(5-9-19)13-24-14-20(25)23-32(24,28)29/h4-11H,2-3,12-15H2,1H3,(H,23,25). The molecule has 0 aliphatic carbocycles. The monoisotopic (exact) mass is 460 g/mol. The van der Waals surface area contributed by atoms with E-state index in [2.05, 4.69) is 0 Å². The lowest BCUT2D eigenvalue weighted by Crippen LogP contribution is -2.29. The van der Waals surface area contributed by atoms with Crippen molar-refractivity contribution < 1.29 is 32.3 Å². The van der Waals surface area contributed by atoms with Gasteiger partial charge in [0.05, 0.1) is 24.3 Å². The summed E-state index contributed by atoms with van der Waals surface area (Å²) in [5.74, 6) is -1.50. The first-order valence-corrected chi connectivity index (χ1v) is 11.6. The first-order valence-electron chi connectivity index (χ1n) is 10.1. The largest absolute Gasteiger partial charge is 0.462 e. The van der Waals surface area contributed by atoms with Gasteiger partial charge in [0.1, 0.15) is 6.61 Å². The van der Waals surface area contributed by atoms with Crippen molar-refractivity contribution in [2.45, 2.75) is 32.9 Å². The van der Waals surface area contributed by atoms with E-state index in [1.165, 1.54) is 12.1 Å². The quantitative estimate of drug-likeness (QED) is 0.450. The molecule has 10 heteroatoms. The molecule has 3 rings (SSSR count). The van der Waals surface area contributed by atoms with Gasteiger partial charge in [0.2, 0.25) is 5.91 Å². The van der Waals surface area contributed by atoms with Crippen LogP contribution in [-0.2, 0) is 37.6 Å². The predicted octanol–water partition coefficient (Wildman–Crippen LogP) is 2.18. The van der Waals surface area contributed by atoms with Crippen molar-refractivity contribution in [1.82, 2.24) is 9.03 Å². The molecular formula is C22H24N2O7S. The zero-order chi connectivity index (χ0) is 23.1. The number of hydrogen-bond acceptors (Lipinski definition) is 7. The lowest BCUT2D eigenvalue weighted by Gasteiger charge is -2.12. The molecule has 0 bridgehead atoms. The first kappa shape index (κ1) is 23.4. The minimum Gasteiger partial charge on any atom is -0.462 e. The number of carbonyl (C=O) groups excluding carboxylic acids is 3. The van der Waals surface area contributed by atoms with Crippen molar-refractivity contribution in [3.05, 3.63) is 70.8 Å². The third-order valence-corrected chi connectivity index (χ3v) is 6.17. The average molecular weight is 461 g/mol. The minimum absolute atomic E-state index is 0.0175. The van der Waals surface area contributed by atoms with E-state index in [1.807, 2.05) is 11.6 Å². The van der Waals surface area contributed by atoms with E-state index in [0.29, 0.717) is 23.3 Å². The van der Waals surface area contributed by atoms with Crippen molar-refractivity contribution >= 4 is 28.1 Å². The summed E-state index contributed by atoms with van der Waals surface area (Å²) in [6.45, 7) is 2.22. The molecule has 1 fully saturated rings. The molecule has 1 aliphatic heterocycles. The highest BCUT2D eigenvalue weighted by Crippen LogP contribution is 2.14. The zero-order valence-corrected chi connectivity index (χ0v) is 18.4. The topological polar surface area (TPSA) is 119 Å². The van der Waals surface area contributed by atoms with Crippen molar-refractivity contribution in [2.24, 2.45) is 0 Å². The Kier molecular flexibility index (Phi) is 7.60. The number of nitrogens with one attached hydrogen (secondary N) is 1.